The fourth-order valence-electron chi connectivity index (χ4n) is 2.03. The monoisotopic (exact) mass is 260 g/mol. The van der Waals surface area contributed by atoms with Crippen molar-refractivity contribution in [2.24, 2.45) is 10.9 Å². The standard InChI is InChI=1S/C10H16N2O4S/c1-4-8-10(5-6-12-8,7(2)9(13)14)17(15,16)11-3/h5-7,11H,4H2,1-3H3,(H,13,14). The van der Waals surface area contributed by atoms with Crippen LogP contribution in [0.1, 0.15) is 20.3 Å². The van der Waals surface area contributed by atoms with Crippen molar-refractivity contribution in [1.29, 1.82) is 0 Å². The summed E-state index contributed by atoms with van der Waals surface area (Å²) in [5.74, 6) is -2.27. The van der Waals surface area contributed by atoms with Gasteiger partial charge in [0, 0.05) is 11.9 Å². The Morgan fingerprint density at radius 2 is 2.24 bits per heavy atom. The molecule has 0 aromatic heterocycles. The molecule has 0 aliphatic carbocycles. The molecule has 96 valence electrons. The van der Waals surface area contributed by atoms with Crippen molar-refractivity contribution in [2.45, 2.75) is 25.0 Å². The summed E-state index contributed by atoms with van der Waals surface area (Å²) in [6, 6.07) is 0. The molecule has 0 saturated carbocycles. The van der Waals surface area contributed by atoms with E-state index in [0.717, 1.165) is 0 Å². The van der Waals surface area contributed by atoms with Gasteiger partial charge in [0.15, 0.2) is 4.75 Å². The van der Waals surface area contributed by atoms with E-state index in [0.29, 0.717) is 12.1 Å². The van der Waals surface area contributed by atoms with E-state index in [9.17, 15) is 13.2 Å². The zero-order valence-electron chi connectivity index (χ0n) is 9.97. The second-order valence-electron chi connectivity index (χ2n) is 3.81. The van der Waals surface area contributed by atoms with E-state index in [4.69, 9.17) is 5.11 Å². The van der Waals surface area contributed by atoms with Crippen molar-refractivity contribution in [2.75, 3.05) is 7.05 Å². The summed E-state index contributed by atoms with van der Waals surface area (Å²) in [6.07, 6.45) is 3.08. The lowest BCUT2D eigenvalue weighted by molar-refractivity contribution is -0.141. The van der Waals surface area contributed by atoms with E-state index in [1.807, 2.05) is 0 Å². The lowest BCUT2D eigenvalue weighted by atomic mass is 9.88. The summed E-state index contributed by atoms with van der Waals surface area (Å²) in [5.41, 5.74) is 0.349. The largest absolute Gasteiger partial charge is 0.481 e. The van der Waals surface area contributed by atoms with Gasteiger partial charge in [0.1, 0.15) is 0 Å². The van der Waals surface area contributed by atoms with E-state index < -0.39 is 26.7 Å². The summed E-state index contributed by atoms with van der Waals surface area (Å²) < 4.78 is 24.9. The van der Waals surface area contributed by atoms with Gasteiger partial charge in [-0.1, -0.05) is 6.92 Å². The van der Waals surface area contributed by atoms with Gasteiger partial charge in [0.2, 0.25) is 10.0 Å². The third-order valence-electron chi connectivity index (χ3n) is 3.07. The van der Waals surface area contributed by atoms with Crippen molar-refractivity contribution in [3.8, 4) is 0 Å². The van der Waals surface area contributed by atoms with Gasteiger partial charge in [0.05, 0.1) is 5.92 Å². The molecule has 17 heavy (non-hydrogen) atoms. The highest BCUT2D eigenvalue weighted by molar-refractivity contribution is 7.92. The van der Waals surface area contributed by atoms with Crippen LogP contribution >= 0.6 is 0 Å². The number of carboxylic acids is 1. The second-order valence-corrected chi connectivity index (χ2v) is 5.90. The van der Waals surface area contributed by atoms with Gasteiger partial charge in [-0.15, -0.1) is 0 Å². The Morgan fingerprint density at radius 3 is 2.65 bits per heavy atom. The summed E-state index contributed by atoms with van der Waals surface area (Å²) in [5, 5.41) is 9.10. The molecule has 1 heterocycles. The third-order valence-corrected chi connectivity index (χ3v) is 5.22. The number of hydrogen-bond donors (Lipinski definition) is 2. The number of aliphatic imine (C=N–C) groups is 1. The van der Waals surface area contributed by atoms with Crippen LogP contribution in [0.4, 0.5) is 0 Å². The third kappa shape index (κ3) is 1.89. The molecule has 2 N–H and O–H groups in total. The zero-order valence-corrected chi connectivity index (χ0v) is 10.8. The molecule has 6 nitrogen and oxygen atoms in total. The van der Waals surface area contributed by atoms with Crippen LogP contribution in [0.25, 0.3) is 0 Å². The highest BCUT2D eigenvalue weighted by atomic mass is 32.2. The average Bonchev–Trinajstić information content (AvgIpc) is 2.72. The minimum atomic E-state index is -3.81. The quantitative estimate of drug-likeness (QED) is 0.746. The maximum Gasteiger partial charge on any atom is 0.308 e. The predicted octanol–water partition coefficient (Wildman–Crippen LogP) is 0.373. The predicted molar refractivity (Wildman–Crippen MR) is 64.4 cm³/mol. The fourth-order valence-corrected chi connectivity index (χ4v) is 3.68. The van der Waals surface area contributed by atoms with E-state index >= 15 is 0 Å². The first kappa shape index (κ1) is 13.9. The number of carbonyl (C=O) groups is 1. The van der Waals surface area contributed by atoms with Crippen LogP contribution in [0.15, 0.2) is 17.3 Å². The van der Waals surface area contributed by atoms with Crippen LogP contribution in [0.3, 0.4) is 0 Å². The molecule has 1 aliphatic rings. The van der Waals surface area contributed by atoms with Gasteiger partial charge in [-0.05, 0) is 26.5 Å². The van der Waals surface area contributed by atoms with Crippen LogP contribution in [-0.2, 0) is 14.8 Å². The molecule has 0 radical (unpaired) electrons. The van der Waals surface area contributed by atoms with E-state index in [2.05, 4.69) is 9.71 Å². The number of rotatable bonds is 5. The van der Waals surface area contributed by atoms with Crippen LogP contribution in [0, 0.1) is 5.92 Å². The highest BCUT2D eigenvalue weighted by Gasteiger charge is 2.53. The molecule has 1 rings (SSSR count). The smallest absolute Gasteiger partial charge is 0.308 e. The zero-order chi connectivity index (χ0) is 13.3. The van der Waals surface area contributed by atoms with Gasteiger partial charge < -0.3 is 5.11 Å². The van der Waals surface area contributed by atoms with E-state index in [-0.39, 0.29) is 0 Å². The van der Waals surface area contributed by atoms with Gasteiger partial charge >= 0.3 is 5.97 Å². The molecular weight excluding hydrogens is 244 g/mol. The van der Waals surface area contributed by atoms with Crippen LogP contribution in [-0.4, -0.2) is 37.0 Å². The Morgan fingerprint density at radius 1 is 1.65 bits per heavy atom. The Hall–Kier alpha value is -1.21. The average molecular weight is 260 g/mol. The SMILES string of the molecule is CCC1=NC=CC1(C(C)C(=O)O)S(=O)(=O)NC. The Kier molecular flexibility index (Phi) is 3.73. The molecule has 7 heteroatoms. The number of nitrogens with one attached hydrogen (secondary N) is 1. The first-order valence-electron chi connectivity index (χ1n) is 5.24. The van der Waals surface area contributed by atoms with Gasteiger partial charge in [-0.25, -0.2) is 13.1 Å². The molecule has 0 saturated heterocycles. The summed E-state index contributed by atoms with van der Waals surface area (Å²) in [4.78, 5) is 15.1. The van der Waals surface area contributed by atoms with Crippen molar-refractivity contribution in [1.82, 2.24) is 4.72 Å². The number of aliphatic carboxylic acids is 1. The maximum absolute atomic E-state index is 12.1. The molecule has 0 aromatic carbocycles. The number of hydrogen-bond acceptors (Lipinski definition) is 4. The molecule has 1 aliphatic heterocycles. The minimum absolute atomic E-state index is 0.349. The van der Waals surface area contributed by atoms with Gasteiger partial charge in [0.25, 0.3) is 0 Å². The number of carboxylic acid groups (broad SMARTS) is 1. The normalized spacial score (nSPS) is 25.7. The van der Waals surface area contributed by atoms with Crippen LogP contribution < -0.4 is 4.72 Å². The molecule has 0 spiro atoms. The summed E-state index contributed by atoms with van der Waals surface area (Å²) >= 11 is 0. The number of sulfonamides is 1. The Labute approximate surface area is 100 Å². The molecule has 0 fully saturated rings. The lowest BCUT2D eigenvalue weighted by Gasteiger charge is -2.31. The summed E-state index contributed by atoms with van der Waals surface area (Å²) in [6.45, 7) is 3.12. The first-order valence-corrected chi connectivity index (χ1v) is 6.72. The first-order chi connectivity index (χ1) is 7.83. The molecule has 2 atom stereocenters. The maximum atomic E-state index is 12.1. The van der Waals surface area contributed by atoms with Crippen LogP contribution in [0.5, 0.6) is 0 Å². The summed E-state index contributed by atoms with van der Waals surface area (Å²) in [7, 11) is -2.54. The topological polar surface area (TPSA) is 95.8 Å². The van der Waals surface area contributed by atoms with Crippen molar-refractivity contribution < 1.29 is 18.3 Å². The van der Waals surface area contributed by atoms with E-state index in [1.54, 1.807) is 6.92 Å². The second kappa shape index (κ2) is 4.58. The molecule has 0 bridgehead atoms. The highest BCUT2D eigenvalue weighted by Crippen LogP contribution is 2.34. The number of nitrogens with zero attached hydrogens (tertiary/aromatic N) is 1. The van der Waals surface area contributed by atoms with Gasteiger partial charge in [-0.2, -0.15) is 0 Å². The fraction of sp³-hybridized carbons (Fsp3) is 0.600. The van der Waals surface area contributed by atoms with Crippen molar-refractivity contribution in [3.63, 3.8) is 0 Å². The van der Waals surface area contributed by atoms with Crippen molar-refractivity contribution in [3.05, 3.63) is 12.3 Å². The minimum Gasteiger partial charge on any atom is -0.481 e. The van der Waals surface area contributed by atoms with Crippen molar-refractivity contribution >= 4 is 21.7 Å². The van der Waals surface area contributed by atoms with E-state index in [1.165, 1.54) is 26.2 Å². The molecular formula is C10H16N2O4S. The molecule has 2 unspecified atom stereocenters. The Balaban J connectivity index is 3.46. The van der Waals surface area contributed by atoms with Crippen LogP contribution in [0.2, 0.25) is 0 Å². The Bertz CT molecular complexity index is 481. The molecule has 0 aromatic rings. The lowest BCUT2D eigenvalue weighted by Crippen LogP contribution is -2.55. The molecule has 0 amide bonds. The van der Waals surface area contributed by atoms with Gasteiger partial charge in [-0.3, -0.25) is 9.79 Å².